The monoisotopic (exact) mass is 230 g/mol. The topological polar surface area (TPSA) is 37.4 Å². The lowest BCUT2D eigenvalue weighted by Crippen LogP contribution is -1.87. The Labute approximate surface area is 102 Å². The molecule has 0 bridgehead atoms. The van der Waals surface area contributed by atoms with Crippen molar-refractivity contribution in [2.75, 3.05) is 7.11 Å². The number of methoxy groups -OCH3 is 1. The number of H-pyrrole nitrogens is 1. The molecule has 1 aliphatic heterocycles. The van der Waals surface area contributed by atoms with Crippen molar-refractivity contribution in [3.63, 3.8) is 0 Å². The van der Waals surface area contributed by atoms with E-state index < -0.39 is 0 Å². The molecule has 0 unspecified atom stereocenters. The Morgan fingerprint density at radius 1 is 1.41 bits per heavy atom. The van der Waals surface area contributed by atoms with Crippen LogP contribution in [-0.4, -0.2) is 18.3 Å². The Bertz CT molecular complexity index is 519. The summed E-state index contributed by atoms with van der Waals surface area (Å²) in [5.41, 5.74) is 5.93. The molecule has 3 nitrogen and oxygen atoms in total. The Morgan fingerprint density at radius 2 is 2.18 bits per heavy atom. The van der Waals surface area contributed by atoms with Gasteiger partial charge in [-0.1, -0.05) is 6.92 Å². The van der Waals surface area contributed by atoms with Crippen LogP contribution in [0.25, 0.3) is 6.08 Å². The highest BCUT2D eigenvalue weighted by Crippen LogP contribution is 2.24. The highest BCUT2D eigenvalue weighted by atomic mass is 16.5. The summed E-state index contributed by atoms with van der Waals surface area (Å²) in [6, 6.07) is 0. The molecule has 0 radical (unpaired) electrons. The fourth-order valence-corrected chi connectivity index (χ4v) is 2.24. The summed E-state index contributed by atoms with van der Waals surface area (Å²) in [5, 5.41) is 0. The predicted molar refractivity (Wildman–Crippen MR) is 71.2 cm³/mol. The van der Waals surface area contributed by atoms with Gasteiger partial charge in [0, 0.05) is 23.7 Å². The molecular weight excluding hydrogens is 212 g/mol. The molecule has 0 spiro atoms. The number of aromatic nitrogens is 1. The number of hydrogen-bond donors (Lipinski definition) is 1. The van der Waals surface area contributed by atoms with Crippen molar-refractivity contribution >= 4 is 12.3 Å². The van der Waals surface area contributed by atoms with Crippen LogP contribution in [0.5, 0.6) is 0 Å². The summed E-state index contributed by atoms with van der Waals surface area (Å²) < 4.78 is 5.25. The standard InChI is InChI=1S/C14H18N2O/c1-5-11-9(2)12(16-10(11)3)8-13-14(17-4)6-7-15-13/h6-8,16H,5H2,1-4H3/b13-8+. The molecule has 2 rings (SSSR count). The molecule has 90 valence electrons. The Kier molecular flexibility index (Phi) is 3.18. The first-order valence-corrected chi connectivity index (χ1v) is 5.85. The number of aliphatic imine (C=N–C) groups is 1. The van der Waals surface area contributed by atoms with Crippen LogP contribution < -0.4 is 0 Å². The van der Waals surface area contributed by atoms with Crippen LogP contribution in [0.1, 0.15) is 29.4 Å². The second-order valence-corrected chi connectivity index (χ2v) is 4.16. The number of aromatic amines is 1. The van der Waals surface area contributed by atoms with Crippen molar-refractivity contribution in [1.82, 2.24) is 4.98 Å². The number of hydrogen-bond acceptors (Lipinski definition) is 2. The van der Waals surface area contributed by atoms with Crippen molar-refractivity contribution in [3.05, 3.63) is 40.0 Å². The highest BCUT2D eigenvalue weighted by molar-refractivity contribution is 5.81. The lowest BCUT2D eigenvalue weighted by atomic mass is 10.1. The van der Waals surface area contributed by atoms with Crippen LogP contribution in [0.4, 0.5) is 0 Å². The van der Waals surface area contributed by atoms with Crippen LogP contribution in [0, 0.1) is 13.8 Å². The lowest BCUT2D eigenvalue weighted by molar-refractivity contribution is 0.303. The summed E-state index contributed by atoms with van der Waals surface area (Å²) >= 11 is 0. The van der Waals surface area contributed by atoms with Gasteiger partial charge < -0.3 is 9.72 Å². The van der Waals surface area contributed by atoms with Gasteiger partial charge in [0.05, 0.1) is 7.11 Å². The smallest absolute Gasteiger partial charge is 0.146 e. The Hall–Kier alpha value is -1.77. The first-order valence-electron chi connectivity index (χ1n) is 5.85. The van der Waals surface area contributed by atoms with Crippen LogP contribution in [0.2, 0.25) is 0 Å². The lowest BCUT2D eigenvalue weighted by Gasteiger charge is -2.01. The van der Waals surface area contributed by atoms with E-state index in [2.05, 4.69) is 30.7 Å². The second kappa shape index (κ2) is 4.62. The molecule has 0 aliphatic carbocycles. The molecule has 0 aromatic carbocycles. The van der Waals surface area contributed by atoms with Gasteiger partial charge in [0.2, 0.25) is 0 Å². The van der Waals surface area contributed by atoms with Crippen molar-refractivity contribution in [3.8, 4) is 0 Å². The van der Waals surface area contributed by atoms with Crippen molar-refractivity contribution in [2.45, 2.75) is 27.2 Å². The summed E-state index contributed by atoms with van der Waals surface area (Å²) in [7, 11) is 1.67. The van der Waals surface area contributed by atoms with E-state index in [1.165, 1.54) is 16.8 Å². The largest absolute Gasteiger partial charge is 0.494 e. The van der Waals surface area contributed by atoms with Crippen molar-refractivity contribution < 1.29 is 4.74 Å². The average Bonchev–Trinajstić information content (AvgIpc) is 2.85. The maximum absolute atomic E-state index is 5.25. The summed E-state index contributed by atoms with van der Waals surface area (Å²) in [6.07, 6.45) is 6.72. The quantitative estimate of drug-likeness (QED) is 0.851. The van der Waals surface area contributed by atoms with Gasteiger partial charge in [-0.15, -0.1) is 0 Å². The number of ether oxygens (including phenoxy) is 1. The number of nitrogens with one attached hydrogen (secondary N) is 1. The molecule has 0 amide bonds. The van der Waals surface area contributed by atoms with Gasteiger partial charge in [-0.25, -0.2) is 0 Å². The number of aryl methyl sites for hydroxylation is 1. The fraction of sp³-hybridized carbons (Fsp3) is 0.357. The summed E-state index contributed by atoms with van der Waals surface area (Å²) in [6.45, 7) is 6.43. The number of rotatable bonds is 3. The average molecular weight is 230 g/mol. The molecule has 0 fully saturated rings. The van der Waals surface area contributed by atoms with E-state index >= 15 is 0 Å². The molecule has 17 heavy (non-hydrogen) atoms. The Morgan fingerprint density at radius 3 is 2.76 bits per heavy atom. The van der Waals surface area contributed by atoms with Gasteiger partial charge >= 0.3 is 0 Å². The maximum Gasteiger partial charge on any atom is 0.146 e. The molecule has 2 heterocycles. The van der Waals surface area contributed by atoms with Crippen LogP contribution in [0.3, 0.4) is 0 Å². The Balaban J connectivity index is 2.40. The van der Waals surface area contributed by atoms with Gasteiger partial charge in [0.1, 0.15) is 11.5 Å². The SMILES string of the molecule is CCc1c(C)[nH]c(/C=C2/N=CC=C2OC)c1C. The molecule has 0 atom stereocenters. The molecule has 1 aromatic heterocycles. The van der Waals surface area contributed by atoms with Gasteiger partial charge in [0.25, 0.3) is 0 Å². The van der Waals surface area contributed by atoms with Crippen LogP contribution in [-0.2, 0) is 11.2 Å². The van der Waals surface area contributed by atoms with Gasteiger partial charge in [-0.3, -0.25) is 4.99 Å². The van der Waals surface area contributed by atoms with E-state index in [1.807, 2.05) is 12.2 Å². The third-order valence-corrected chi connectivity index (χ3v) is 3.18. The fourth-order valence-electron chi connectivity index (χ4n) is 2.24. The maximum atomic E-state index is 5.25. The third-order valence-electron chi connectivity index (χ3n) is 3.18. The highest BCUT2D eigenvalue weighted by Gasteiger charge is 2.12. The van der Waals surface area contributed by atoms with E-state index in [1.54, 1.807) is 13.3 Å². The number of allylic oxidation sites excluding steroid dienone is 1. The molecule has 0 saturated heterocycles. The summed E-state index contributed by atoms with van der Waals surface area (Å²) in [4.78, 5) is 7.69. The minimum Gasteiger partial charge on any atom is -0.494 e. The van der Waals surface area contributed by atoms with Crippen LogP contribution in [0.15, 0.2) is 22.5 Å². The first kappa shape index (κ1) is 11.7. The van der Waals surface area contributed by atoms with Gasteiger partial charge in [-0.2, -0.15) is 0 Å². The van der Waals surface area contributed by atoms with E-state index in [9.17, 15) is 0 Å². The zero-order valence-electron chi connectivity index (χ0n) is 10.8. The molecule has 3 heteroatoms. The molecule has 0 saturated carbocycles. The second-order valence-electron chi connectivity index (χ2n) is 4.16. The predicted octanol–water partition coefficient (Wildman–Crippen LogP) is 3.15. The van der Waals surface area contributed by atoms with Crippen molar-refractivity contribution in [1.29, 1.82) is 0 Å². The molecule has 1 aliphatic rings. The van der Waals surface area contributed by atoms with E-state index in [-0.39, 0.29) is 0 Å². The van der Waals surface area contributed by atoms with Gasteiger partial charge in [-0.05, 0) is 37.5 Å². The van der Waals surface area contributed by atoms with Crippen molar-refractivity contribution in [2.24, 2.45) is 4.99 Å². The zero-order chi connectivity index (χ0) is 12.4. The van der Waals surface area contributed by atoms with Crippen LogP contribution >= 0.6 is 0 Å². The van der Waals surface area contributed by atoms with Gasteiger partial charge in [0.15, 0.2) is 0 Å². The van der Waals surface area contributed by atoms with E-state index in [0.717, 1.165) is 23.6 Å². The normalized spacial score (nSPS) is 16.7. The first-order chi connectivity index (χ1) is 8.17. The molecular formula is C14H18N2O. The van der Waals surface area contributed by atoms with E-state index in [0.29, 0.717) is 0 Å². The van der Waals surface area contributed by atoms with E-state index in [4.69, 9.17) is 4.74 Å². The minimum absolute atomic E-state index is 0.815. The third kappa shape index (κ3) is 2.05. The summed E-state index contributed by atoms with van der Waals surface area (Å²) in [5.74, 6) is 0.815. The molecule has 1 N–H and O–H groups in total. The zero-order valence-corrected chi connectivity index (χ0v) is 10.8. The minimum atomic E-state index is 0.815. The number of nitrogens with zero attached hydrogens (tertiary/aromatic N) is 1. The molecule has 1 aromatic rings.